The Hall–Kier alpha value is -1.78. The highest BCUT2D eigenvalue weighted by Gasteiger charge is 1.73. The Morgan fingerprint density at radius 1 is 1.36 bits per heavy atom. The zero-order valence-corrected chi connectivity index (χ0v) is 5.68. The molecule has 1 aliphatic heterocycles. The Bertz CT molecular complexity index is 189. The van der Waals surface area contributed by atoms with Crippen molar-refractivity contribution in [2.75, 3.05) is 0 Å². The highest BCUT2D eigenvalue weighted by Crippen LogP contribution is 1.74. The van der Waals surface area contributed by atoms with Gasteiger partial charge in [0.1, 0.15) is 12.5 Å². The van der Waals surface area contributed by atoms with Crippen molar-refractivity contribution in [1.29, 1.82) is 0 Å². The highest BCUT2D eigenvalue weighted by molar-refractivity contribution is 5.70. The molecule has 0 aliphatic carbocycles. The topological polar surface area (TPSA) is 59.6 Å². The molecule has 58 valence electrons. The van der Waals surface area contributed by atoms with E-state index < -0.39 is 0 Å². The molecule has 0 amide bonds. The Morgan fingerprint density at radius 3 is 2.55 bits per heavy atom. The number of hydrazone groups is 1. The third-order valence-corrected chi connectivity index (χ3v) is 0.760. The first-order valence-corrected chi connectivity index (χ1v) is 2.91. The summed E-state index contributed by atoms with van der Waals surface area (Å²) in [5.74, 6) is 0. The fourth-order valence-corrected chi connectivity index (χ4v) is 0.384. The van der Waals surface area contributed by atoms with E-state index in [0.717, 1.165) is 0 Å². The van der Waals surface area contributed by atoms with Gasteiger partial charge in [-0.25, -0.2) is 4.98 Å². The number of nitrogens with one attached hydrogen (secondary N) is 1. The number of hydrogen-bond donors (Lipinski definition) is 1. The lowest BCUT2D eigenvalue weighted by Gasteiger charge is -1.96. The minimum Gasteiger partial charge on any atom is -0.452 e. The average molecular weight is 153 g/mol. The molecule has 0 bridgehead atoms. The van der Waals surface area contributed by atoms with Crippen LogP contribution in [0.5, 0.6) is 0 Å². The molecule has 2 rings (SSSR count). The molecule has 11 heavy (non-hydrogen) atoms. The third kappa shape index (κ3) is 3.74. The molecular weight excluding hydrogens is 146 g/mol. The largest absolute Gasteiger partial charge is 0.452 e. The second-order valence-electron chi connectivity index (χ2n) is 1.49. The van der Waals surface area contributed by atoms with Gasteiger partial charge < -0.3 is 9.25 Å². The van der Waals surface area contributed by atoms with Crippen LogP contribution < -0.4 is 5.59 Å². The number of allylic oxidation sites excluding steroid dienone is 1. The quantitative estimate of drug-likeness (QED) is 0.595. The fraction of sp³-hybridized carbons (Fsp3) is 0. The van der Waals surface area contributed by atoms with E-state index >= 15 is 0 Å². The van der Waals surface area contributed by atoms with Crippen LogP contribution >= 0.6 is 0 Å². The summed E-state index contributed by atoms with van der Waals surface area (Å²) in [5, 5.41) is 3.49. The van der Waals surface area contributed by atoms with Crippen molar-refractivity contribution in [3.8, 4) is 0 Å². The van der Waals surface area contributed by atoms with Gasteiger partial charge in [0.05, 0.1) is 12.4 Å². The molecule has 2 heterocycles. The van der Waals surface area contributed by atoms with Crippen LogP contribution in [-0.4, -0.2) is 11.2 Å². The van der Waals surface area contributed by atoms with E-state index in [4.69, 9.17) is 0 Å². The first-order valence-electron chi connectivity index (χ1n) is 2.91. The first kappa shape index (κ1) is 7.33. The summed E-state index contributed by atoms with van der Waals surface area (Å²) in [5.41, 5.74) is 2.27. The van der Waals surface area contributed by atoms with Gasteiger partial charge in [-0.05, 0) is 6.08 Å². The summed E-state index contributed by atoms with van der Waals surface area (Å²) >= 11 is 0. The average Bonchev–Trinajstić information content (AvgIpc) is 2.64. The van der Waals surface area contributed by atoms with E-state index in [9.17, 15) is 0 Å². The molecule has 0 unspecified atom stereocenters. The lowest BCUT2D eigenvalue weighted by Crippen LogP contribution is -2.03. The monoisotopic (exact) mass is 153 g/mol. The second kappa shape index (κ2) is 5.04. The van der Waals surface area contributed by atoms with Crippen LogP contribution in [0.25, 0.3) is 0 Å². The molecule has 0 saturated heterocycles. The SMILES string of the molecule is C1=CONN=C1.c1cocn1. The molecule has 1 N–H and O–H groups in total. The summed E-state index contributed by atoms with van der Waals surface area (Å²) in [4.78, 5) is 8.00. The van der Waals surface area contributed by atoms with E-state index in [1.54, 1.807) is 18.5 Å². The smallest absolute Gasteiger partial charge is 0.180 e. The van der Waals surface area contributed by atoms with Gasteiger partial charge in [-0.1, -0.05) is 0 Å². The molecule has 0 aromatic carbocycles. The minimum absolute atomic E-state index is 1.38. The molecule has 0 radical (unpaired) electrons. The minimum atomic E-state index is 1.38. The fourth-order valence-electron chi connectivity index (χ4n) is 0.384. The molecule has 5 heteroatoms. The van der Waals surface area contributed by atoms with Crippen molar-refractivity contribution in [2.24, 2.45) is 5.10 Å². The normalized spacial score (nSPS) is 12.4. The summed E-state index contributed by atoms with van der Waals surface area (Å²) in [6, 6.07) is 0. The highest BCUT2D eigenvalue weighted by atomic mass is 16.7. The standard InChI is InChI=1S/C3H4N2O.C3H3NO/c1-2-4-5-6-3-1;1-2-5-3-4-1/h1-3,5H;1-3H. The van der Waals surface area contributed by atoms with Gasteiger partial charge in [-0.2, -0.15) is 5.10 Å². The maximum Gasteiger partial charge on any atom is 0.180 e. The van der Waals surface area contributed by atoms with Crippen LogP contribution in [0.2, 0.25) is 0 Å². The summed E-state index contributed by atoms with van der Waals surface area (Å²) in [6.07, 6.45) is 9.27. The second-order valence-corrected chi connectivity index (χ2v) is 1.49. The summed E-state index contributed by atoms with van der Waals surface area (Å²) in [7, 11) is 0. The van der Waals surface area contributed by atoms with Gasteiger partial charge in [-0.3, -0.25) is 0 Å². The van der Waals surface area contributed by atoms with Crippen LogP contribution in [0.4, 0.5) is 0 Å². The molecule has 5 nitrogen and oxygen atoms in total. The van der Waals surface area contributed by atoms with Gasteiger partial charge in [0, 0.05) is 0 Å². The number of aromatic nitrogens is 1. The molecule has 1 aromatic heterocycles. The first-order chi connectivity index (χ1) is 5.50. The van der Waals surface area contributed by atoms with Crippen molar-refractivity contribution in [3.05, 3.63) is 31.2 Å². The van der Waals surface area contributed by atoms with Crippen LogP contribution in [0.1, 0.15) is 0 Å². The van der Waals surface area contributed by atoms with Gasteiger partial charge in [0.25, 0.3) is 0 Å². The molecular formula is C6H7N3O2. The van der Waals surface area contributed by atoms with E-state index in [0.29, 0.717) is 0 Å². The van der Waals surface area contributed by atoms with Crippen molar-refractivity contribution < 1.29 is 9.25 Å². The number of oxazole rings is 1. The molecule has 0 fully saturated rings. The van der Waals surface area contributed by atoms with Crippen molar-refractivity contribution >= 4 is 6.21 Å². The number of hydrogen-bond acceptors (Lipinski definition) is 5. The maximum absolute atomic E-state index is 4.47. The summed E-state index contributed by atoms with van der Waals surface area (Å²) in [6.45, 7) is 0. The molecule has 0 saturated carbocycles. The van der Waals surface area contributed by atoms with Crippen molar-refractivity contribution in [1.82, 2.24) is 10.6 Å². The Labute approximate surface area is 63.3 Å². The molecule has 1 aliphatic rings. The lowest BCUT2D eigenvalue weighted by molar-refractivity contribution is 0.136. The zero-order valence-electron chi connectivity index (χ0n) is 5.68. The van der Waals surface area contributed by atoms with E-state index in [1.807, 2.05) is 0 Å². The third-order valence-electron chi connectivity index (χ3n) is 0.760. The van der Waals surface area contributed by atoms with E-state index in [1.165, 1.54) is 18.9 Å². The number of rotatable bonds is 0. The van der Waals surface area contributed by atoms with Crippen molar-refractivity contribution in [3.63, 3.8) is 0 Å². The maximum atomic E-state index is 4.47. The molecule has 0 spiro atoms. The van der Waals surface area contributed by atoms with Crippen molar-refractivity contribution in [2.45, 2.75) is 0 Å². The number of nitrogens with zero attached hydrogens (tertiary/aromatic N) is 2. The van der Waals surface area contributed by atoms with E-state index in [2.05, 4.69) is 24.9 Å². The van der Waals surface area contributed by atoms with E-state index in [-0.39, 0.29) is 0 Å². The van der Waals surface area contributed by atoms with Gasteiger partial charge in [0.15, 0.2) is 6.39 Å². The Balaban J connectivity index is 0.000000112. The molecule has 1 aromatic rings. The zero-order chi connectivity index (χ0) is 7.78. The van der Waals surface area contributed by atoms with Crippen LogP contribution in [-0.2, 0) is 4.84 Å². The van der Waals surface area contributed by atoms with Gasteiger partial charge >= 0.3 is 0 Å². The lowest BCUT2D eigenvalue weighted by atomic mass is 10.7. The van der Waals surface area contributed by atoms with Crippen LogP contribution in [0.15, 0.2) is 40.7 Å². The predicted molar refractivity (Wildman–Crippen MR) is 38.4 cm³/mol. The van der Waals surface area contributed by atoms with Gasteiger partial charge in [0.2, 0.25) is 0 Å². The Kier molecular flexibility index (Phi) is 3.36. The van der Waals surface area contributed by atoms with Crippen LogP contribution in [0.3, 0.4) is 0 Å². The predicted octanol–water partition coefficient (Wildman–Crippen LogP) is 0.695. The van der Waals surface area contributed by atoms with Gasteiger partial charge in [-0.15, -0.1) is 5.59 Å². The Morgan fingerprint density at radius 2 is 2.36 bits per heavy atom. The summed E-state index contributed by atoms with van der Waals surface area (Å²) < 4.78 is 4.47. The van der Waals surface area contributed by atoms with Crippen LogP contribution in [0, 0.1) is 0 Å². The molecule has 0 atom stereocenters.